The Balaban J connectivity index is 2.04. The highest BCUT2D eigenvalue weighted by Gasteiger charge is 2.02. The minimum atomic E-state index is 0.465. The summed E-state index contributed by atoms with van der Waals surface area (Å²) in [4.78, 5) is 0. The summed E-state index contributed by atoms with van der Waals surface area (Å²) in [6.45, 7) is 0. The molecular formula is C15H16. The lowest BCUT2D eigenvalue weighted by molar-refractivity contribution is 0.658. The van der Waals surface area contributed by atoms with Crippen LogP contribution in [0.15, 0.2) is 42.5 Å². The summed E-state index contributed by atoms with van der Waals surface area (Å²) in [6, 6.07) is 10.2. The van der Waals surface area contributed by atoms with Gasteiger partial charge in [-0.25, -0.2) is 0 Å². The van der Waals surface area contributed by atoms with E-state index >= 15 is 0 Å². The number of benzene rings is 1. The molecule has 76 valence electrons. The molecule has 0 heteroatoms. The van der Waals surface area contributed by atoms with Crippen molar-refractivity contribution in [1.29, 1.82) is 0 Å². The van der Waals surface area contributed by atoms with Gasteiger partial charge in [0.15, 0.2) is 0 Å². The van der Waals surface area contributed by atoms with E-state index in [1.165, 1.54) is 25.7 Å². The standard InChI is InChI=1S/C15H16/c1-2-5-9-14(8-4-1)12-13-15-10-6-3-7-11-15/h3-4,6-8,10-11,14H,1-2,5,9H2/t14-/m0/s1. The Morgan fingerprint density at radius 3 is 2.80 bits per heavy atom. The summed E-state index contributed by atoms with van der Waals surface area (Å²) in [5.41, 5.74) is 1.12. The van der Waals surface area contributed by atoms with Crippen molar-refractivity contribution in [3.05, 3.63) is 48.0 Å². The van der Waals surface area contributed by atoms with Gasteiger partial charge in [-0.05, 0) is 31.4 Å². The second-order valence-corrected chi connectivity index (χ2v) is 3.95. The van der Waals surface area contributed by atoms with Gasteiger partial charge in [0, 0.05) is 11.5 Å². The van der Waals surface area contributed by atoms with Gasteiger partial charge >= 0.3 is 0 Å². The molecule has 15 heavy (non-hydrogen) atoms. The molecule has 0 bridgehead atoms. The van der Waals surface area contributed by atoms with Crippen molar-refractivity contribution in [3.63, 3.8) is 0 Å². The quantitative estimate of drug-likeness (QED) is 0.437. The Bertz CT molecular complexity index is 375. The predicted octanol–water partition coefficient (Wildman–Crippen LogP) is 3.78. The first-order valence-electron chi connectivity index (χ1n) is 5.68. The maximum Gasteiger partial charge on any atom is 0.0386 e. The zero-order valence-electron chi connectivity index (χ0n) is 8.95. The smallest absolute Gasteiger partial charge is 0.0386 e. The fourth-order valence-electron chi connectivity index (χ4n) is 1.80. The highest BCUT2D eigenvalue weighted by Crippen LogP contribution is 2.16. The minimum Gasteiger partial charge on any atom is -0.0903 e. The van der Waals surface area contributed by atoms with E-state index in [4.69, 9.17) is 0 Å². The van der Waals surface area contributed by atoms with Crippen LogP contribution in [0.3, 0.4) is 0 Å². The minimum absolute atomic E-state index is 0.465. The molecule has 0 spiro atoms. The third kappa shape index (κ3) is 3.29. The second kappa shape index (κ2) is 5.41. The molecule has 0 heterocycles. The second-order valence-electron chi connectivity index (χ2n) is 3.95. The maximum atomic E-state index is 3.34. The summed E-state index contributed by atoms with van der Waals surface area (Å²) in [5, 5.41) is 0. The van der Waals surface area contributed by atoms with Crippen LogP contribution in [0.1, 0.15) is 31.2 Å². The van der Waals surface area contributed by atoms with Crippen LogP contribution in [0.4, 0.5) is 0 Å². The summed E-state index contributed by atoms with van der Waals surface area (Å²) < 4.78 is 0. The monoisotopic (exact) mass is 196 g/mol. The van der Waals surface area contributed by atoms with E-state index < -0.39 is 0 Å². The van der Waals surface area contributed by atoms with Crippen molar-refractivity contribution in [3.8, 4) is 11.8 Å². The SMILES string of the molecule is C(#C[C@H]1C=CCCCC1)c1ccccc1. The van der Waals surface area contributed by atoms with Gasteiger partial charge < -0.3 is 0 Å². The number of hydrogen-bond donors (Lipinski definition) is 0. The highest BCUT2D eigenvalue weighted by molar-refractivity contribution is 5.34. The van der Waals surface area contributed by atoms with Crippen LogP contribution >= 0.6 is 0 Å². The number of allylic oxidation sites excluding steroid dienone is 2. The Kier molecular flexibility index (Phi) is 3.63. The van der Waals surface area contributed by atoms with Crippen LogP contribution in [0.2, 0.25) is 0 Å². The van der Waals surface area contributed by atoms with Crippen molar-refractivity contribution in [2.45, 2.75) is 25.7 Å². The molecule has 0 saturated carbocycles. The maximum absolute atomic E-state index is 3.34. The largest absolute Gasteiger partial charge is 0.0903 e. The van der Waals surface area contributed by atoms with Crippen LogP contribution < -0.4 is 0 Å². The Morgan fingerprint density at radius 2 is 1.93 bits per heavy atom. The molecule has 1 atom stereocenters. The van der Waals surface area contributed by atoms with Crippen molar-refractivity contribution in [1.82, 2.24) is 0 Å². The van der Waals surface area contributed by atoms with E-state index in [-0.39, 0.29) is 0 Å². The summed E-state index contributed by atoms with van der Waals surface area (Å²) in [6.07, 6.45) is 9.61. The first kappa shape index (κ1) is 10.1. The average Bonchev–Trinajstić information content (AvgIpc) is 2.56. The zero-order valence-corrected chi connectivity index (χ0v) is 8.95. The normalized spacial score (nSPS) is 20.1. The number of rotatable bonds is 0. The van der Waals surface area contributed by atoms with Crippen molar-refractivity contribution in [2.75, 3.05) is 0 Å². The van der Waals surface area contributed by atoms with Gasteiger partial charge in [-0.3, -0.25) is 0 Å². The summed E-state index contributed by atoms with van der Waals surface area (Å²) in [7, 11) is 0. The van der Waals surface area contributed by atoms with E-state index in [0.717, 1.165) is 5.56 Å². The topological polar surface area (TPSA) is 0 Å². The van der Waals surface area contributed by atoms with Crippen molar-refractivity contribution in [2.24, 2.45) is 5.92 Å². The fraction of sp³-hybridized carbons (Fsp3) is 0.333. The fourth-order valence-corrected chi connectivity index (χ4v) is 1.80. The van der Waals surface area contributed by atoms with E-state index in [2.05, 4.69) is 36.1 Å². The van der Waals surface area contributed by atoms with Crippen LogP contribution in [-0.2, 0) is 0 Å². The Hall–Kier alpha value is -1.48. The molecule has 0 N–H and O–H groups in total. The van der Waals surface area contributed by atoms with Crippen molar-refractivity contribution >= 4 is 0 Å². The van der Waals surface area contributed by atoms with Gasteiger partial charge in [-0.1, -0.05) is 48.6 Å². The molecule has 0 nitrogen and oxygen atoms in total. The zero-order chi connectivity index (χ0) is 10.3. The molecule has 2 rings (SSSR count). The molecular weight excluding hydrogens is 180 g/mol. The van der Waals surface area contributed by atoms with Crippen LogP contribution in [0.25, 0.3) is 0 Å². The van der Waals surface area contributed by atoms with Crippen LogP contribution in [0.5, 0.6) is 0 Å². The molecule has 0 radical (unpaired) electrons. The molecule has 1 aliphatic rings. The van der Waals surface area contributed by atoms with E-state index in [9.17, 15) is 0 Å². The van der Waals surface area contributed by atoms with Gasteiger partial charge in [0.1, 0.15) is 0 Å². The summed E-state index contributed by atoms with van der Waals surface area (Å²) >= 11 is 0. The molecule has 0 amide bonds. The van der Waals surface area contributed by atoms with E-state index in [0.29, 0.717) is 5.92 Å². The lowest BCUT2D eigenvalue weighted by Gasteiger charge is -2.00. The molecule has 1 aromatic carbocycles. The lowest BCUT2D eigenvalue weighted by Crippen LogP contribution is -1.90. The van der Waals surface area contributed by atoms with Crippen molar-refractivity contribution < 1.29 is 0 Å². The molecule has 0 aromatic heterocycles. The number of hydrogen-bond acceptors (Lipinski definition) is 0. The first-order valence-corrected chi connectivity index (χ1v) is 5.68. The van der Waals surface area contributed by atoms with Gasteiger partial charge in [-0.2, -0.15) is 0 Å². The third-order valence-electron chi connectivity index (χ3n) is 2.68. The van der Waals surface area contributed by atoms with E-state index in [1.54, 1.807) is 0 Å². The van der Waals surface area contributed by atoms with Gasteiger partial charge in [0.2, 0.25) is 0 Å². The molecule has 1 aromatic rings. The molecule has 0 aliphatic heterocycles. The summed E-state index contributed by atoms with van der Waals surface area (Å²) in [5.74, 6) is 7.05. The van der Waals surface area contributed by atoms with Crippen LogP contribution in [0, 0.1) is 17.8 Å². The average molecular weight is 196 g/mol. The predicted molar refractivity (Wildman–Crippen MR) is 64.4 cm³/mol. The van der Waals surface area contributed by atoms with Gasteiger partial charge in [0.25, 0.3) is 0 Å². The molecule has 0 saturated heterocycles. The highest BCUT2D eigenvalue weighted by atomic mass is 14.1. The van der Waals surface area contributed by atoms with E-state index in [1.807, 2.05) is 18.2 Å². The Morgan fingerprint density at radius 1 is 1.07 bits per heavy atom. The Labute approximate surface area is 92.0 Å². The van der Waals surface area contributed by atoms with Crippen LogP contribution in [-0.4, -0.2) is 0 Å². The molecule has 1 aliphatic carbocycles. The third-order valence-corrected chi connectivity index (χ3v) is 2.68. The van der Waals surface area contributed by atoms with Gasteiger partial charge in [0.05, 0.1) is 0 Å². The molecule has 0 unspecified atom stereocenters. The lowest BCUT2D eigenvalue weighted by atomic mass is 10.0. The first-order chi connectivity index (χ1) is 7.45. The molecule has 0 fully saturated rings. The van der Waals surface area contributed by atoms with Gasteiger partial charge in [-0.15, -0.1) is 0 Å².